The van der Waals surface area contributed by atoms with Gasteiger partial charge in [0.2, 0.25) is 5.91 Å². The van der Waals surface area contributed by atoms with Gasteiger partial charge in [-0.05, 0) is 51.8 Å². The zero-order valence-electron chi connectivity index (χ0n) is 20.6. The molecule has 0 fully saturated rings. The van der Waals surface area contributed by atoms with Gasteiger partial charge in [-0.1, -0.05) is 13.0 Å². The Morgan fingerprint density at radius 2 is 2.00 bits per heavy atom. The molecule has 33 heavy (non-hydrogen) atoms. The topological polar surface area (TPSA) is 105 Å². The number of fused-ring (bicyclic) bond motifs is 1. The monoisotopic (exact) mass is 454 g/mol. The molecule has 0 aliphatic carbocycles. The van der Waals surface area contributed by atoms with E-state index in [4.69, 9.17) is 9.84 Å². The Morgan fingerprint density at radius 3 is 2.64 bits per heavy atom. The van der Waals surface area contributed by atoms with Gasteiger partial charge in [-0.25, -0.2) is 9.50 Å². The van der Waals surface area contributed by atoms with E-state index in [9.17, 15) is 9.59 Å². The van der Waals surface area contributed by atoms with E-state index in [0.717, 1.165) is 24.2 Å². The number of ether oxygens (including phenoxy) is 1. The van der Waals surface area contributed by atoms with Crippen molar-refractivity contribution in [3.63, 3.8) is 0 Å². The maximum atomic E-state index is 12.9. The number of imidazole rings is 1. The van der Waals surface area contributed by atoms with Crippen molar-refractivity contribution in [3.05, 3.63) is 45.6 Å². The first-order valence-electron chi connectivity index (χ1n) is 11.3. The van der Waals surface area contributed by atoms with Gasteiger partial charge in [0.05, 0.1) is 23.4 Å². The van der Waals surface area contributed by atoms with Crippen molar-refractivity contribution >= 4 is 11.4 Å². The van der Waals surface area contributed by atoms with E-state index in [1.807, 2.05) is 45.9 Å². The van der Waals surface area contributed by atoms with Crippen molar-refractivity contribution in [3.8, 4) is 17.1 Å². The molecule has 1 aromatic carbocycles. The maximum Gasteiger partial charge on any atom is 0.277 e. The summed E-state index contributed by atoms with van der Waals surface area (Å²) in [6.07, 6.45) is 1.62. The molecule has 2 N–H and O–H groups in total. The van der Waals surface area contributed by atoms with Crippen molar-refractivity contribution in [2.45, 2.75) is 59.5 Å². The molecule has 3 rings (SSSR count). The number of hydrogen-bond acceptors (Lipinski definition) is 6. The summed E-state index contributed by atoms with van der Waals surface area (Å²) in [5.74, 6) is 1.79. The summed E-state index contributed by atoms with van der Waals surface area (Å²) >= 11 is 0. The molecular weight excluding hydrogens is 420 g/mol. The molecule has 9 heteroatoms. The predicted octanol–water partition coefficient (Wildman–Crippen LogP) is 2.70. The number of aryl methyl sites for hydroxylation is 2. The molecular formula is C24H34N6O3. The first-order chi connectivity index (χ1) is 15.6. The minimum Gasteiger partial charge on any atom is -0.493 e. The summed E-state index contributed by atoms with van der Waals surface area (Å²) < 4.78 is 7.47. The van der Waals surface area contributed by atoms with Crippen LogP contribution >= 0.6 is 0 Å². The lowest BCUT2D eigenvalue weighted by atomic mass is 10.0. The summed E-state index contributed by atoms with van der Waals surface area (Å²) in [5.41, 5.74) is 1.77. The van der Waals surface area contributed by atoms with Gasteiger partial charge in [-0.15, -0.1) is 5.10 Å². The molecule has 0 bridgehead atoms. The third kappa shape index (κ3) is 5.08. The Kier molecular flexibility index (Phi) is 7.22. The van der Waals surface area contributed by atoms with Gasteiger partial charge >= 0.3 is 0 Å². The minimum atomic E-state index is -0.725. The summed E-state index contributed by atoms with van der Waals surface area (Å²) in [6.45, 7) is 10.4. The lowest BCUT2D eigenvalue weighted by molar-refractivity contribution is -0.134. The Hall–Kier alpha value is -3.20. The van der Waals surface area contributed by atoms with Crippen LogP contribution in [0.2, 0.25) is 0 Å². The Balaban J connectivity index is 2.04. The van der Waals surface area contributed by atoms with Crippen LogP contribution in [0.15, 0.2) is 23.0 Å². The van der Waals surface area contributed by atoms with Crippen LogP contribution in [0.25, 0.3) is 16.9 Å². The number of benzene rings is 1. The molecule has 2 aromatic heterocycles. The second-order valence-electron chi connectivity index (χ2n) is 8.87. The molecule has 2 heterocycles. The predicted molar refractivity (Wildman–Crippen MR) is 129 cm³/mol. The molecule has 0 aliphatic heterocycles. The van der Waals surface area contributed by atoms with Crippen molar-refractivity contribution in [1.29, 1.82) is 0 Å². The maximum absolute atomic E-state index is 12.9. The fraction of sp³-hybridized carbons (Fsp3) is 0.500. The number of carbonyl (C=O) groups is 1. The molecule has 178 valence electrons. The number of amides is 1. The van der Waals surface area contributed by atoms with E-state index in [2.05, 4.69) is 22.2 Å². The van der Waals surface area contributed by atoms with Crippen LogP contribution < -0.4 is 15.6 Å². The molecule has 0 aliphatic rings. The third-order valence-corrected chi connectivity index (χ3v) is 5.49. The Bertz CT molecular complexity index is 1210. The SMILES string of the molecule is CCCc1nc(C)c2c(=O)[nH]c(-c3cc(CNC(C)(C)C(=O)N(C)C)ccc3OCC)nn12. The normalized spacial score (nSPS) is 11.7. The smallest absolute Gasteiger partial charge is 0.277 e. The van der Waals surface area contributed by atoms with Gasteiger partial charge < -0.3 is 14.6 Å². The first-order valence-corrected chi connectivity index (χ1v) is 11.3. The number of likely N-dealkylation sites (N-methyl/N-ethyl adjacent to an activating group) is 1. The van der Waals surface area contributed by atoms with E-state index in [1.165, 1.54) is 0 Å². The van der Waals surface area contributed by atoms with Crippen LogP contribution in [0.1, 0.15) is 51.2 Å². The van der Waals surface area contributed by atoms with Gasteiger partial charge in [0.25, 0.3) is 5.56 Å². The van der Waals surface area contributed by atoms with Gasteiger partial charge in [-0.3, -0.25) is 14.9 Å². The van der Waals surface area contributed by atoms with E-state index < -0.39 is 5.54 Å². The van der Waals surface area contributed by atoms with Crippen molar-refractivity contribution in [2.24, 2.45) is 0 Å². The van der Waals surface area contributed by atoms with E-state index in [1.54, 1.807) is 23.5 Å². The minimum absolute atomic E-state index is 0.0101. The Morgan fingerprint density at radius 1 is 1.27 bits per heavy atom. The number of aromatic amines is 1. The van der Waals surface area contributed by atoms with Crippen LogP contribution in [0.4, 0.5) is 0 Å². The van der Waals surface area contributed by atoms with E-state index in [-0.39, 0.29) is 11.5 Å². The third-order valence-electron chi connectivity index (χ3n) is 5.49. The second-order valence-corrected chi connectivity index (χ2v) is 8.87. The quantitative estimate of drug-likeness (QED) is 0.515. The van der Waals surface area contributed by atoms with Crippen molar-refractivity contribution in [1.82, 2.24) is 29.8 Å². The summed E-state index contributed by atoms with van der Waals surface area (Å²) in [5, 5.41) is 8.04. The van der Waals surface area contributed by atoms with Gasteiger partial charge in [-0.2, -0.15) is 0 Å². The molecule has 3 aromatic rings. The van der Waals surface area contributed by atoms with Gasteiger partial charge in [0.1, 0.15) is 11.6 Å². The zero-order chi connectivity index (χ0) is 24.3. The van der Waals surface area contributed by atoms with E-state index >= 15 is 0 Å². The number of H-pyrrole nitrogens is 1. The number of rotatable bonds is 9. The van der Waals surface area contributed by atoms with Crippen molar-refractivity contribution in [2.75, 3.05) is 20.7 Å². The molecule has 1 amide bonds. The molecule has 0 radical (unpaired) electrons. The first kappa shape index (κ1) is 24.4. The number of nitrogens with zero attached hydrogens (tertiary/aromatic N) is 4. The molecule has 0 atom stereocenters. The van der Waals surface area contributed by atoms with Gasteiger partial charge in [0, 0.05) is 27.1 Å². The van der Waals surface area contributed by atoms with E-state index in [0.29, 0.717) is 41.5 Å². The summed E-state index contributed by atoms with van der Waals surface area (Å²) in [4.78, 5) is 34.4. The Labute approximate surface area is 194 Å². The number of hydrogen-bond donors (Lipinski definition) is 2. The average molecular weight is 455 g/mol. The van der Waals surface area contributed by atoms with Crippen LogP contribution in [-0.2, 0) is 17.8 Å². The zero-order valence-corrected chi connectivity index (χ0v) is 20.6. The number of aromatic nitrogens is 4. The van der Waals surface area contributed by atoms with Crippen LogP contribution in [-0.4, -0.2) is 56.6 Å². The molecule has 0 unspecified atom stereocenters. The highest BCUT2D eigenvalue weighted by atomic mass is 16.5. The molecule has 9 nitrogen and oxygen atoms in total. The van der Waals surface area contributed by atoms with Gasteiger partial charge in [0.15, 0.2) is 11.3 Å². The fourth-order valence-corrected chi connectivity index (χ4v) is 3.85. The summed E-state index contributed by atoms with van der Waals surface area (Å²) in [7, 11) is 3.48. The number of carbonyl (C=O) groups excluding carboxylic acids is 1. The highest BCUT2D eigenvalue weighted by Gasteiger charge is 2.28. The highest BCUT2D eigenvalue weighted by Crippen LogP contribution is 2.29. The van der Waals surface area contributed by atoms with Crippen LogP contribution in [0.5, 0.6) is 5.75 Å². The average Bonchev–Trinajstić information content (AvgIpc) is 3.08. The lowest BCUT2D eigenvalue weighted by Crippen LogP contribution is -2.51. The molecule has 0 saturated heterocycles. The standard InChI is InChI=1S/C24H34N6O3/c1-8-10-19-26-15(3)20-22(31)27-21(28-30(19)20)17-13-16(11-12-18(17)33-9-2)14-25-24(4,5)23(32)29(6)7/h11-13,25H,8-10,14H2,1-7H3,(H,27,28,31). The second kappa shape index (κ2) is 9.74. The van der Waals surface area contributed by atoms with Crippen LogP contribution in [0.3, 0.4) is 0 Å². The molecule has 0 spiro atoms. The molecule has 0 saturated carbocycles. The summed E-state index contributed by atoms with van der Waals surface area (Å²) in [6, 6.07) is 5.74. The highest BCUT2D eigenvalue weighted by molar-refractivity contribution is 5.85. The lowest BCUT2D eigenvalue weighted by Gasteiger charge is -2.28. The number of nitrogens with one attached hydrogen (secondary N) is 2. The largest absolute Gasteiger partial charge is 0.493 e. The van der Waals surface area contributed by atoms with Crippen LogP contribution in [0, 0.1) is 6.92 Å². The fourth-order valence-electron chi connectivity index (χ4n) is 3.85. The van der Waals surface area contributed by atoms with Crippen molar-refractivity contribution < 1.29 is 9.53 Å².